The Morgan fingerprint density at radius 3 is 1.97 bits per heavy atom. The molecule has 14 nitrogen and oxygen atoms in total. The van der Waals surface area contributed by atoms with Crippen LogP contribution in [0.25, 0.3) is 0 Å². The Hall–Kier alpha value is -0.550. The number of rotatable bonds is 16. The third kappa shape index (κ3) is 9.55. The predicted molar refractivity (Wildman–Crippen MR) is 124 cm³/mol. The van der Waals surface area contributed by atoms with Crippen LogP contribution in [0.3, 0.4) is 0 Å². The van der Waals surface area contributed by atoms with Crippen molar-refractivity contribution in [2.24, 2.45) is 0 Å². The summed E-state index contributed by atoms with van der Waals surface area (Å²) in [6.07, 6.45) is -9.05. The molecule has 0 aliphatic carbocycles. The molecular weight excluding hydrogens is 519 g/mol. The fraction of sp³-hybridized carbons (Fsp3) is 0.909. The van der Waals surface area contributed by atoms with Crippen molar-refractivity contribution in [1.29, 1.82) is 0 Å². The molecule has 2 saturated heterocycles. The first kappa shape index (κ1) is 32.7. The van der Waals surface area contributed by atoms with Crippen LogP contribution in [0.15, 0.2) is 12.7 Å². The van der Waals surface area contributed by atoms with Gasteiger partial charge in [-0.05, 0) is 19.3 Å². The van der Waals surface area contributed by atoms with Gasteiger partial charge in [-0.15, -0.1) is 6.58 Å². The molecule has 37 heavy (non-hydrogen) atoms. The molecule has 2 aliphatic rings. The molecule has 2 rings (SSSR count). The van der Waals surface area contributed by atoms with Crippen LogP contribution in [-0.4, -0.2) is 117 Å². The number of aliphatic hydroxyl groups is 7. The van der Waals surface area contributed by atoms with Crippen LogP contribution in [-0.2, 0) is 27.8 Å². The van der Waals surface area contributed by atoms with Gasteiger partial charge in [-0.1, -0.05) is 31.8 Å². The van der Waals surface area contributed by atoms with Gasteiger partial charge in [0.15, 0.2) is 12.6 Å². The van der Waals surface area contributed by atoms with Crippen LogP contribution in [0.2, 0.25) is 0 Å². The Balaban J connectivity index is 1.87. The van der Waals surface area contributed by atoms with Crippen LogP contribution in [0.4, 0.5) is 0 Å². The molecule has 2 fully saturated rings. The summed E-state index contributed by atoms with van der Waals surface area (Å²) in [7, 11) is -4.96. The molecule has 11 atom stereocenters. The molecule has 0 spiro atoms. The topological polar surface area (TPSA) is 228 Å². The third-order valence-electron chi connectivity index (χ3n) is 6.25. The lowest BCUT2D eigenvalue weighted by Crippen LogP contribution is -2.64. The SMILES string of the molecule is C=CCCCCCCCCOP(=O)([O-])O[C@H]1O[C@H](CO)[C@@H](O[C@@H]2O[C@H](CO)[C@H](O)[C@H](O)[C@@H]2O)[C@H](O)[C@@H]1O. The average molecular weight is 560 g/mol. The Labute approximate surface area is 215 Å². The highest BCUT2D eigenvalue weighted by Gasteiger charge is 2.51. The van der Waals surface area contributed by atoms with E-state index in [0.717, 1.165) is 38.5 Å². The van der Waals surface area contributed by atoms with Crippen molar-refractivity contribution in [2.45, 2.75) is 106 Å². The van der Waals surface area contributed by atoms with Gasteiger partial charge >= 0.3 is 0 Å². The molecule has 2 heterocycles. The number of ether oxygens (including phenoxy) is 3. The van der Waals surface area contributed by atoms with E-state index in [4.69, 9.17) is 23.3 Å². The van der Waals surface area contributed by atoms with Crippen LogP contribution in [0, 0.1) is 0 Å². The Bertz CT molecular complexity index is 709. The van der Waals surface area contributed by atoms with Gasteiger partial charge in [0.05, 0.1) is 19.8 Å². The highest BCUT2D eigenvalue weighted by Crippen LogP contribution is 2.43. The summed E-state index contributed by atoms with van der Waals surface area (Å²) in [4.78, 5) is 12.2. The molecule has 2 aliphatic heterocycles. The van der Waals surface area contributed by atoms with E-state index in [1.165, 1.54) is 0 Å². The molecule has 15 heteroatoms. The van der Waals surface area contributed by atoms with Gasteiger partial charge in [0.2, 0.25) is 0 Å². The van der Waals surface area contributed by atoms with Gasteiger partial charge < -0.3 is 59.4 Å². The Morgan fingerprint density at radius 2 is 1.35 bits per heavy atom. The maximum atomic E-state index is 12.2. The van der Waals surface area contributed by atoms with Crippen molar-refractivity contribution in [3.05, 3.63) is 12.7 Å². The summed E-state index contributed by atoms with van der Waals surface area (Å²) in [6.45, 7) is 1.95. The number of phosphoric acid groups is 1. The lowest BCUT2D eigenvalue weighted by molar-refractivity contribution is -0.357. The first-order valence-electron chi connectivity index (χ1n) is 12.4. The molecule has 7 N–H and O–H groups in total. The second-order valence-corrected chi connectivity index (χ2v) is 10.5. The molecule has 1 unspecified atom stereocenters. The highest BCUT2D eigenvalue weighted by atomic mass is 31.2. The van der Waals surface area contributed by atoms with Crippen molar-refractivity contribution >= 4 is 7.82 Å². The van der Waals surface area contributed by atoms with Gasteiger partial charge in [-0.25, -0.2) is 0 Å². The van der Waals surface area contributed by atoms with Crippen molar-refractivity contribution < 1.29 is 68.5 Å². The number of hydrogen-bond acceptors (Lipinski definition) is 14. The van der Waals surface area contributed by atoms with Gasteiger partial charge in [0.1, 0.15) is 48.8 Å². The minimum atomic E-state index is -4.96. The summed E-state index contributed by atoms with van der Waals surface area (Å²) >= 11 is 0. The van der Waals surface area contributed by atoms with Crippen molar-refractivity contribution in [1.82, 2.24) is 0 Å². The molecule has 0 aromatic rings. The minimum absolute atomic E-state index is 0.148. The van der Waals surface area contributed by atoms with Crippen LogP contribution in [0.1, 0.15) is 44.9 Å². The quantitative estimate of drug-likeness (QED) is 0.0618. The average Bonchev–Trinajstić information content (AvgIpc) is 2.87. The minimum Gasteiger partial charge on any atom is -0.756 e. The van der Waals surface area contributed by atoms with Gasteiger partial charge in [-0.2, -0.15) is 0 Å². The zero-order valence-electron chi connectivity index (χ0n) is 20.6. The largest absolute Gasteiger partial charge is 0.756 e. The van der Waals surface area contributed by atoms with E-state index in [1.54, 1.807) is 0 Å². The fourth-order valence-corrected chi connectivity index (χ4v) is 4.92. The molecule has 0 radical (unpaired) electrons. The van der Waals surface area contributed by atoms with E-state index in [1.807, 2.05) is 6.08 Å². The van der Waals surface area contributed by atoms with Crippen molar-refractivity contribution in [3.8, 4) is 0 Å². The van der Waals surface area contributed by atoms with Crippen LogP contribution >= 0.6 is 7.82 Å². The monoisotopic (exact) mass is 559 g/mol. The van der Waals surface area contributed by atoms with Gasteiger partial charge in [0.25, 0.3) is 7.82 Å². The summed E-state index contributed by atoms with van der Waals surface area (Å²) in [5.74, 6) is 0. The van der Waals surface area contributed by atoms with Crippen LogP contribution in [0.5, 0.6) is 0 Å². The third-order valence-corrected chi connectivity index (χ3v) is 7.21. The number of phosphoric ester groups is 1. The molecule has 0 amide bonds. The second kappa shape index (κ2) is 15.9. The lowest BCUT2D eigenvalue weighted by atomic mass is 9.97. The van der Waals surface area contributed by atoms with E-state index in [0.29, 0.717) is 6.42 Å². The Kier molecular flexibility index (Phi) is 14.0. The second-order valence-electron chi connectivity index (χ2n) is 9.09. The summed E-state index contributed by atoms with van der Waals surface area (Å²) in [6, 6.07) is 0. The zero-order chi connectivity index (χ0) is 27.6. The van der Waals surface area contributed by atoms with E-state index in [9.17, 15) is 45.2 Å². The summed E-state index contributed by atoms with van der Waals surface area (Å²) in [5.41, 5.74) is 0. The molecule has 0 saturated carbocycles. The maximum Gasteiger partial charge on any atom is 0.270 e. The maximum absolute atomic E-state index is 12.2. The van der Waals surface area contributed by atoms with E-state index >= 15 is 0 Å². The molecule has 0 bridgehead atoms. The number of hydrogen-bond donors (Lipinski definition) is 7. The number of allylic oxidation sites excluding steroid dienone is 1. The highest BCUT2D eigenvalue weighted by molar-refractivity contribution is 7.45. The van der Waals surface area contributed by atoms with E-state index in [-0.39, 0.29) is 6.61 Å². The Morgan fingerprint density at radius 1 is 0.784 bits per heavy atom. The fourth-order valence-electron chi connectivity index (χ4n) is 4.07. The smallest absolute Gasteiger partial charge is 0.270 e. The van der Waals surface area contributed by atoms with Gasteiger partial charge in [-0.3, -0.25) is 9.09 Å². The molecule has 0 aromatic carbocycles. The number of aliphatic hydroxyl groups excluding tert-OH is 7. The number of unbranched alkanes of at least 4 members (excludes halogenated alkanes) is 6. The zero-order valence-corrected chi connectivity index (χ0v) is 21.5. The van der Waals surface area contributed by atoms with E-state index in [2.05, 4.69) is 6.58 Å². The first-order valence-corrected chi connectivity index (χ1v) is 13.9. The standard InChI is InChI=1S/C22H41O14P/c1-2-3-4-5-6-7-8-9-10-32-37(30,31)36-22-19(29)17(27)20(14(12-24)34-22)35-21-18(28)16(26)15(25)13(11-23)33-21/h2,13-29H,1,3-12H2,(H,30,31)/p-1/t13-,14-,15+,16+,17-,18+,19+,20-,21+,22-/m1/s1. The van der Waals surface area contributed by atoms with Crippen LogP contribution < -0.4 is 4.89 Å². The predicted octanol–water partition coefficient (Wildman–Crippen LogP) is -1.97. The summed E-state index contributed by atoms with van der Waals surface area (Å²) < 4.78 is 37.7. The normalized spacial score (nSPS) is 38.3. The summed E-state index contributed by atoms with van der Waals surface area (Å²) in [5, 5.41) is 69.8. The van der Waals surface area contributed by atoms with Gasteiger partial charge in [0, 0.05) is 0 Å². The molecule has 218 valence electrons. The van der Waals surface area contributed by atoms with Crippen molar-refractivity contribution in [2.75, 3.05) is 19.8 Å². The van der Waals surface area contributed by atoms with Crippen molar-refractivity contribution in [3.63, 3.8) is 0 Å². The van der Waals surface area contributed by atoms with E-state index < -0.39 is 82.4 Å². The first-order chi connectivity index (χ1) is 17.6. The molecule has 0 aromatic heterocycles. The molecular formula is C22H40O14P-. The lowest BCUT2D eigenvalue weighted by Gasteiger charge is -2.46.